The van der Waals surface area contributed by atoms with E-state index in [2.05, 4.69) is 30.7 Å². The molecule has 0 unspecified atom stereocenters. The lowest BCUT2D eigenvalue weighted by Gasteiger charge is -2.16. The number of aryl methyl sites for hydroxylation is 1. The Labute approximate surface area is 123 Å². The summed E-state index contributed by atoms with van der Waals surface area (Å²) in [5.41, 5.74) is 0.900. The van der Waals surface area contributed by atoms with Crippen LogP contribution in [0.4, 0.5) is 0 Å². The zero-order valence-electron chi connectivity index (χ0n) is 12.0. The molecule has 0 aliphatic carbocycles. The van der Waals surface area contributed by atoms with Gasteiger partial charge in [0.25, 0.3) is 0 Å². The van der Waals surface area contributed by atoms with Crippen molar-refractivity contribution in [2.45, 2.75) is 43.8 Å². The molecule has 0 atom stereocenters. The maximum Gasteiger partial charge on any atom is 0.186 e. The van der Waals surface area contributed by atoms with E-state index in [9.17, 15) is 8.42 Å². The van der Waals surface area contributed by atoms with Crippen LogP contribution in [0.25, 0.3) is 0 Å². The molecule has 108 valence electrons. The maximum atomic E-state index is 12.3. The van der Waals surface area contributed by atoms with Gasteiger partial charge in [0, 0.05) is 17.3 Å². The predicted molar refractivity (Wildman–Crippen MR) is 80.7 cm³/mol. The summed E-state index contributed by atoms with van der Waals surface area (Å²) in [6.45, 7) is 8.24. The molecule has 0 bridgehead atoms. The van der Waals surface area contributed by atoms with Gasteiger partial charge < -0.3 is 0 Å². The van der Waals surface area contributed by atoms with Gasteiger partial charge in [0.2, 0.25) is 0 Å². The number of hydrogen-bond acceptors (Lipinski definition) is 5. The molecule has 0 aliphatic heterocycles. The largest absolute Gasteiger partial charge is 0.263 e. The highest BCUT2D eigenvalue weighted by Crippen LogP contribution is 2.32. The third kappa shape index (κ3) is 3.24. The Morgan fingerprint density at radius 3 is 2.50 bits per heavy atom. The second kappa shape index (κ2) is 5.26. The maximum absolute atomic E-state index is 12.3. The lowest BCUT2D eigenvalue weighted by molar-refractivity contribution is 0.594. The van der Waals surface area contributed by atoms with Crippen molar-refractivity contribution in [1.29, 1.82) is 0 Å². The highest BCUT2D eigenvalue weighted by molar-refractivity contribution is 7.90. The Morgan fingerprint density at radius 2 is 2.00 bits per heavy atom. The Morgan fingerprint density at radius 1 is 1.30 bits per heavy atom. The molecular formula is C14H18N2O2S2. The summed E-state index contributed by atoms with van der Waals surface area (Å²) >= 11 is 1.48. The summed E-state index contributed by atoms with van der Waals surface area (Å²) in [6.07, 6.45) is 2.94. The van der Waals surface area contributed by atoms with Crippen LogP contribution in [0.3, 0.4) is 0 Å². The zero-order chi connectivity index (χ0) is 15.0. The molecule has 2 heterocycles. The molecule has 0 aromatic carbocycles. The average Bonchev–Trinajstić information content (AvgIpc) is 2.70. The first kappa shape index (κ1) is 15.1. The first-order valence-corrected chi connectivity index (χ1v) is 8.76. The van der Waals surface area contributed by atoms with Crippen molar-refractivity contribution in [2.75, 3.05) is 0 Å². The molecule has 0 saturated heterocycles. The quantitative estimate of drug-likeness (QED) is 0.874. The van der Waals surface area contributed by atoms with Crippen molar-refractivity contribution in [3.05, 3.63) is 40.1 Å². The summed E-state index contributed by atoms with van der Waals surface area (Å²) in [5.74, 6) is -0.0692. The van der Waals surface area contributed by atoms with E-state index >= 15 is 0 Å². The molecule has 20 heavy (non-hydrogen) atoms. The van der Waals surface area contributed by atoms with Crippen molar-refractivity contribution in [2.24, 2.45) is 0 Å². The van der Waals surface area contributed by atoms with E-state index in [1.54, 1.807) is 18.3 Å². The molecule has 6 heteroatoms. The van der Waals surface area contributed by atoms with E-state index in [1.807, 2.05) is 6.92 Å². The second-order valence-corrected chi connectivity index (χ2v) is 8.79. The minimum absolute atomic E-state index is 0.0158. The van der Waals surface area contributed by atoms with Gasteiger partial charge in [0.15, 0.2) is 9.84 Å². The molecule has 0 spiro atoms. The molecule has 2 rings (SSSR count). The highest BCUT2D eigenvalue weighted by Gasteiger charge is 2.24. The smallest absolute Gasteiger partial charge is 0.186 e. The number of nitrogens with zero attached hydrogens (tertiary/aromatic N) is 2. The normalized spacial score (nSPS) is 12.6. The van der Waals surface area contributed by atoms with Gasteiger partial charge in [-0.2, -0.15) is 0 Å². The van der Waals surface area contributed by atoms with Crippen LogP contribution in [-0.4, -0.2) is 18.4 Å². The van der Waals surface area contributed by atoms with Crippen molar-refractivity contribution >= 4 is 21.2 Å². The van der Waals surface area contributed by atoms with Gasteiger partial charge in [0.1, 0.15) is 10.8 Å². The van der Waals surface area contributed by atoms with Crippen LogP contribution in [0, 0.1) is 6.92 Å². The number of aromatic nitrogens is 2. The van der Waals surface area contributed by atoms with Crippen LogP contribution in [-0.2, 0) is 21.0 Å². The third-order valence-corrected chi connectivity index (χ3v) is 6.21. The average molecular weight is 310 g/mol. The van der Waals surface area contributed by atoms with Gasteiger partial charge in [-0.05, 0) is 24.5 Å². The molecular weight excluding hydrogens is 292 g/mol. The summed E-state index contributed by atoms with van der Waals surface area (Å²) in [5, 5.41) is 0.635. The van der Waals surface area contributed by atoms with Crippen molar-refractivity contribution < 1.29 is 8.42 Å². The van der Waals surface area contributed by atoms with E-state index in [1.165, 1.54) is 17.5 Å². The van der Waals surface area contributed by atoms with Gasteiger partial charge >= 0.3 is 0 Å². The lowest BCUT2D eigenvalue weighted by atomic mass is 9.94. The number of rotatable bonds is 3. The van der Waals surface area contributed by atoms with E-state index < -0.39 is 9.84 Å². The Bertz CT molecular complexity index is 699. The first-order chi connectivity index (χ1) is 9.20. The summed E-state index contributed by atoms with van der Waals surface area (Å²) in [6, 6.07) is 3.19. The van der Waals surface area contributed by atoms with Crippen LogP contribution in [0.1, 0.15) is 36.3 Å². The van der Waals surface area contributed by atoms with Crippen LogP contribution in [0.2, 0.25) is 0 Å². The highest BCUT2D eigenvalue weighted by atomic mass is 32.2. The van der Waals surface area contributed by atoms with Gasteiger partial charge in [-0.3, -0.25) is 4.98 Å². The third-order valence-electron chi connectivity index (χ3n) is 2.83. The number of sulfone groups is 1. The minimum atomic E-state index is -3.38. The lowest BCUT2D eigenvalue weighted by Crippen LogP contribution is -2.10. The molecule has 2 aromatic heterocycles. The van der Waals surface area contributed by atoms with Gasteiger partial charge in [-0.1, -0.05) is 20.8 Å². The van der Waals surface area contributed by atoms with E-state index in [0.29, 0.717) is 5.01 Å². The second-order valence-electron chi connectivity index (χ2n) is 5.72. The fourth-order valence-electron chi connectivity index (χ4n) is 1.99. The van der Waals surface area contributed by atoms with Crippen molar-refractivity contribution in [3.63, 3.8) is 0 Å². The molecule has 0 N–H and O–H groups in total. The minimum Gasteiger partial charge on any atom is -0.263 e. The SMILES string of the molecule is Cc1nc(CS(=O)(=O)c2cccnc2)sc1C(C)(C)C. The molecule has 0 radical (unpaired) electrons. The van der Waals surface area contributed by atoms with Crippen molar-refractivity contribution in [1.82, 2.24) is 9.97 Å². The molecule has 0 saturated carbocycles. The molecule has 0 fully saturated rings. The topological polar surface area (TPSA) is 59.9 Å². The van der Waals surface area contributed by atoms with Crippen LogP contribution in [0.5, 0.6) is 0 Å². The molecule has 0 amide bonds. The van der Waals surface area contributed by atoms with Gasteiger partial charge in [0.05, 0.1) is 10.6 Å². The summed E-state index contributed by atoms with van der Waals surface area (Å²) < 4.78 is 24.6. The fourth-order valence-corrected chi connectivity index (χ4v) is 4.67. The fraction of sp³-hybridized carbons (Fsp3) is 0.429. The Hall–Kier alpha value is -1.27. The van der Waals surface area contributed by atoms with Crippen LogP contribution < -0.4 is 0 Å². The molecule has 0 aliphatic rings. The van der Waals surface area contributed by atoms with E-state index in [-0.39, 0.29) is 16.1 Å². The van der Waals surface area contributed by atoms with Gasteiger partial charge in [-0.15, -0.1) is 11.3 Å². The molecule has 4 nitrogen and oxygen atoms in total. The van der Waals surface area contributed by atoms with Gasteiger partial charge in [-0.25, -0.2) is 13.4 Å². The van der Waals surface area contributed by atoms with Crippen molar-refractivity contribution in [3.8, 4) is 0 Å². The van der Waals surface area contributed by atoms with E-state index in [4.69, 9.17) is 0 Å². The summed E-state index contributed by atoms with van der Waals surface area (Å²) in [4.78, 5) is 9.64. The predicted octanol–water partition coefficient (Wildman–Crippen LogP) is 3.12. The Kier molecular flexibility index (Phi) is 3.97. The first-order valence-electron chi connectivity index (χ1n) is 6.30. The summed E-state index contributed by atoms with van der Waals surface area (Å²) in [7, 11) is -3.38. The molecule has 2 aromatic rings. The number of pyridine rings is 1. The van der Waals surface area contributed by atoms with Crippen LogP contribution in [0.15, 0.2) is 29.4 Å². The van der Waals surface area contributed by atoms with E-state index in [0.717, 1.165) is 10.6 Å². The number of thiazole rings is 1. The monoisotopic (exact) mass is 310 g/mol. The Balaban J connectivity index is 2.32. The standard InChI is InChI=1S/C14H18N2O2S2/c1-10-13(14(2,3)4)19-12(16-10)9-20(17,18)11-6-5-7-15-8-11/h5-8H,9H2,1-4H3. The number of hydrogen-bond donors (Lipinski definition) is 0. The van der Waals surface area contributed by atoms with Crippen LogP contribution >= 0.6 is 11.3 Å². The zero-order valence-corrected chi connectivity index (χ0v) is 13.7.